The van der Waals surface area contributed by atoms with Crippen LogP contribution in [0.5, 0.6) is 0 Å². The molecule has 0 unspecified atom stereocenters. The summed E-state index contributed by atoms with van der Waals surface area (Å²) in [6, 6.07) is 0. The van der Waals surface area contributed by atoms with Gasteiger partial charge in [0.1, 0.15) is 0 Å². The van der Waals surface area contributed by atoms with E-state index in [2.05, 4.69) is 25.3 Å². The first-order valence-electron chi connectivity index (χ1n) is 2.20. The molecule has 0 spiro atoms. The number of aliphatic carboxylic acids is 2. The minimum atomic E-state index is -0.881. The standard InChI is InChI=1S/2C2H4O2S.Cd/c2*3-2(4)1-5;/h2*5H,1H2,(H,3,4);. The van der Waals surface area contributed by atoms with Gasteiger partial charge in [0.15, 0.2) is 0 Å². The van der Waals surface area contributed by atoms with Crippen LogP contribution >= 0.6 is 25.3 Å². The Labute approximate surface area is 95.3 Å². The zero-order chi connectivity index (χ0) is 8.57. The second-order valence-corrected chi connectivity index (χ2v) is 1.74. The van der Waals surface area contributed by atoms with Crippen molar-refractivity contribution in [3.63, 3.8) is 0 Å². The fourth-order valence-electron chi connectivity index (χ4n) is 0. The van der Waals surface area contributed by atoms with E-state index in [0.717, 1.165) is 0 Å². The van der Waals surface area contributed by atoms with Crippen LogP contribution in [0.2, 0.25) is 0 Å². The zero-order valence-corrected chi connectivity index (χ0v) is 11.6. The molecule has 0 aromatic carbocycles. The first-order valence-corrected chi connectivity index (χ1v) is 3.46. The van der Waals surface area contributed by atoms with Crippen LogP contribution < -0.4 is 0 Å². The molecular weight excluding hydrogens is 289 g/mol. The van der Waals surface area contributed by atoms with Crippen LogP contribution in [0.4, 0.5) is 0 Å². The number of hydrogen-bond donors (Lipinski definition) is 4. The SMILES string of the molecule is O=C(O)CS.O=C(O)CS.[Cd]. The Kier molecular flexibility index (Phi) is 21.1. The summed E-state index contributed by atoms with van der Waals surface area (Å²) < 4.78 is 0. The van der Waals surface area contributed by atoms with Gasteiger partial charge in [-0.05, 0) is 0 Å². The van der Waals surface area contributed by atoms with Crippen LogP contribution in [0.1, 0.15) is 0 Å². The van der Waals surface area contributed by atoms with Crippen LogP contribution in [-0.2, 0) is 36.9 Å². The molecule has 62 valence electrons. The summed E-state index contributed by atoms with van der Waals surface area (Å²) in [7, 11) is 0. The van der Waals surface area contributed by atoms with Crippen LogP contribution in [0.15, 0.2) is 0 Å². The molecule has 0 amide bonds. The van der Waals surface area contributed by atoms with E-state index in [4.69, 9.17) is 10.2 Å². The van der Waals surface area contributed by atoms with Gasteiger partial charge >= 0.3 is 11.9 Å². The molecule has 0 bridgehead atoms. The Morgan fingerprint density at radius 1 is 1.00 bits per heavy atom. The number of hydrogen-bond acceptors (Lipinski definition) is 4. The average Bonchev–Trinajstić information content (AvgIpc) is 1.89. The second-order valence-electron chi connectivity index (χ2n) is 1.10. The molecule has 0 atom stereocenters. The van der Waals surface area contributed by atoms with Gasteiger partial charge < -0.3 is 10.2 Å². The molecule has 0 aliphatic carbocycles. The molecule has 0 heterocycles. The molecule has 0 saturated carbocycles. The molecule has 2 N–H and O–H groups in total. The summed E-state index contributed by atoms with van der Waals surface area (Å²) in [5.41, 5.74) is 0. The summed E-state index contributed by atoms with van der Waals surface area (Å²) in [6.45, 7) is 0. The Hall–Kier alpha value is 0.562. The molecule has 7 heteroatoms. The van der Waals surface area contributed by atoms with Crippen molar-refractivity contribution in [2.75, 3.05) is 11.5 Å². The topological polar surface area (TPSA) is 74.6 Å². The predicted molar refractivity (Wildman–Crippen MR) is 43.0 cm³/mol. The minimum absolute atomic E-state index is 0. The zero-order valence-electron chi connectivity index (χ0n) is 5.73. The molecule has 4 nitrogen and oxygen atoms in total. The van der Waals surface area contributed by atoms with Gasteiger partial charge in [-0.2, -0.15) is 25.3 Å². The van der Waals surface area contributed by atoms with Gasteiger partial charge in [-0.1, -0.05) is 0 Å². The predicted octanol–water partition coefficient (Wildman–Crippen LogP) is -0.000900. The maximum Gasteiger partial charge on any atom is 0.313 e. The molecule has 0 rings (SSSR count). The molecule has 0 aromatic heterocycles. The first kappa shape index (κ1) is 17.6. The van der Waals surface area contributed by atoms with Crippen LogP contribution in [0.3, 0.4) is 0 Å². The van der Waals surface area contributed by atoms with Crippen LogP contribution in [0.25, 0.3) is 0 Å². The van der Waals surface area contributed by atoms with Gasteiger partial charge in [0, 0.05) is 27.3 Å². The summed E-state index contributed by atoms with van der Waals surface area (Å²) in [5, 5.41) is 15.3. The third-order valence-electron chi connectivity index (χ3n) is 0.271. The monoisotopic (exact) mass is 298 g/mol. The fraction of sp³-hybridized carbons (Fsp3) is 0.500. The van der Waals surface area contributed by atoms with Gasteiger partial charge in [-0.25, -0.2) is 0 Å². The summed E-state index contributed by atoms with van der Waals surface area (Å²) in [6.07, 6.45) is 0. The van der Waals surface area contributed by atoms with E-state index in [0.29, 0.717) is 0 Å². The minimum Gasteiger partial charge on any atom is -0.481 e. The van der Waals surface area contributed by atoms with E-state index in [1.54, 1.807) is 0 Å². The van der Waals surface area contributed by atoms with E-state index < -0.39 is 11.9 Å². The molecular formula is C4H8CdO4S2. The Morgan fingerprint density at radius 2 is 1.09 bits per heavy atom. The van der Waals surface area contributed by atoms with Crippen molar-refractivity contribution in [2.24, 2.45) is 0 Å². The van der Waals surface area contributed by atoms with Crippen molar-refractivity contribution in [3.05, 3.63) is 0 Å². The molecule has 11 heavy (non-hydrogen) atoms. The van der Waals surface area contributed by atoms with E-state index in [1.807, 2.05) is 0 Å². The van der Waals surface area contributed by atoms with Crippen molar-refractivity contribution in [1.82, 2.24) is 0 Å². The van der Waals surface area contributed by atoms with Crippen molar-refractivity contribution in [2.45, 2.75) is 0 Å². The van der Waals surface area contributed by atoms with Gasteiger partial charge in [-0.15, -0.1) is 0 Å². The smallest absolute Gasteiger partial charge is 0.313 e. The molecule has 0 radical (unpaired) electrons. The van der Waals surface area contributed by atoms with Gasteiger partial charge in [0.2, 0.25) is 0 Å². The number of thiol groups is 2. The first-order chi connectivity index (χ1) is 4.54. The van der Waals surface area contributed by atoms with Gasteiger partial charge in [0.05, 0.1) is 11.5 Å². The summed E-state index contributed by atoms with van der Waals surface area (Å²) >= 11 is 6.83. The summed E-state index contributed by atoms with van der Waals surface area (Å²) in [5.74, 6) is -1.93. The van der Waals surface area contributed by atoms with Crippen molar-refractivity contribution in [1.29, 1.82) is 0 Å². The van der Waals surface area contributed by atoms with E-state index in [1.165, 1.54) is 0 Å². The number of carbonyl (C=O) groups is 2. The van der Waals surface area contributed by atoms with E-state index >= 15 is 0 Å². The Balaban J connectivity index is -0.000000107. The number of carboxylic acids is 2. The van der Waals surface area contributed by atoms with Crippen LogP contribution in [0, 0.1) is 0 Å². The number of rotatable bonds is 2. The molecule has 0 fully saturated rings. The normalized spacial score (nSPS) is 6.73. The average molecular weight is 297 g/mol. The largest absolute Gasteiger partial charge is 0.481 e. The van der Waals surface area contributed by atoms with Gasteiger partial charge in [-0.3, -0.25) is 9.59 Å². The molecule has 0 aromatic rings. The van der Waals surface area contributed by atoms with Crippen molar-refractivity contribution in [3.8, 4) is 0 Å². The Morgan fingerprint density at radius 3 is 1.09 bits per heavy atom. The molecule has 0 aliphatic heterocycles. The third-order valence-corrected chi connectivity index (χ3v) is 0.812. The quantitative estimate of drug-likeness (QED) is 0.427. The maximum absolute atomic E-state index is 9.29. The van der Waals surface area contributed by atoms with Crippen molar-refractivity contribution < 1.29 is 47.1 Å². The van der Waals surface area contributed by atoms with Crippen LogP contribution in [-0.4, -0.2) is 33.7 Å². The third kappa shape index (κ3) is 37.2. The second kappa shape index (κ2) is 13.2. The molecule has 0 aliphatic rings. The maximum atomic E-state index is 9.29. The van der Waals surface area contributed by atoms with Crippen molar-refractivity contribution >= 4 is 37.2 Å². The Bertz CT molecular complexity index is 105. The van der Waals surface area contributed by atoms with Gasteiger partial charge in [0.25, 0.3) is 0 Å². The van der Waals surface area contributed by atoms with E-state index in [9.17, 15) is 9.59 Å². The molecule has 0 saturated heterocycles. The fourth-order valence-corrected chi connectivity index (χ4v) is 0. The van der Waals surface area contributed by atoms with E-state index in [-0.39, 0.29) is 38.8 Å². The summed E-state index contributed by atoms with van der Waals surface area (Å²) in [4.78, 5) is 18.6. The number of carboxylic acid groups (broad SMARTS) is 2.